The molecule has 0 saturated carbocycles. The summed E-state index contributed by atoms with van der Waals surface area (Å²) in [5.41, 5.74) is 6.92. The molecule has 1 aromatic heterocycles. The summed E-state index contributed by atoms with van der Waals surface area (Å²) < 4.78 is 4.78. The summed E-state index contributed by atoms with van der Waals surface area (Å²) in [6, 6.07) is 7.34. The van der Waals surface area contributed by atoms with Crippen LogP contribution in [0.2, 0.25) is 0 Å². The SMILES string of the molecule is CCCCCc1ccc(C#Cc2nc(C(N)=O)n([C@]3(O)O[C@H](C(O)O)C(O)(O)C3(O)O)n2)cc1. The molecule has 2 heterocycles. The van der Waals surface area contributed by atoms with E-state index in [1.54, 1.807) is 12.1 Å². The molecular weight excluding hydrogens is 452 g/mol. The van der Waals surface area contributed by atoms with Gasteiger partial charge in [-0.15, -0.1) is 5.10 Å². The number of rotatable bonds is 7. The second-order valence-corrected chi connectivity index (χ2v) is 7.90. The van der Waals surface area contributed by atoms with Crippen molar-refractivity contribution in [3.8, 4) is 11.8 Å². The minimum Gasteiger partial charge on any atom is -0.366 e. The van der Waals surface area contributed by atoms with Gasteiger partial charge in [0.2, 0.25) is 11.6 Å². The largest absolute Gasteiger partial charge is 0.366 e. The van der Waals surface area contributed by atoms with Crippen molar-refractivity contribution in [3.63, 3.8) is 0 Å². The van der Waals surface area contributed by atoms with Gasteiger partial charge in [-0.3, -0.25) is 4.79 Å². The van der Waals surface area contributed by atoms with Crippen molar-refractivity contribution in [2.45, 2.75) is 62.5 Å². The Morgan fingerprint density at radius 2 is 1.79 bits per heavy atom. The topological polar surface area (TPSA) is 225 Å². The molecule has 1 saturated heterocycles. The number of amides is 1. The van der Waals surface area contributed by atoms with Crippen LogP contribution >= 0.6 is 0 Å². The van der Waals surface area contributed by atoms with Crippen LogP contribution in [0.4, 0.5) is 0 Å². The molecule has 0 radical (unpaired) electrons. The minimum atomic E-state index is -4.02. The molecule has 2 aromatic rings. The molecule has 2 atom stereocenters. The summed E-state index contributed by atoms with van der Waals surface area (Å²) >= 11 is 0. The number of aliphatic hydroxyl groups excluding tert-OH is 1. The zero-order chi connectivity index (χ0) is 25.3. The second kappa shape index (κ2) is 9.37. The molecule has 0 spiro atoms. The van der Waals surface area contributed by atoms with Crippen LogP contribution in [0.3, 0.4) is 0 Å². The molecule has 34 heavy (non-hydrogen) atoms. The maximum atomic E-state index is 11.8. The average molecular weight is 478 g/mol. The highest BCUT2D eigenvalue weighted by Gasteiger charge is 2.77. The first-order valence-electron chi connectivity index (χ1n) is 10.4. The lowest BCUT2D eigenvalue weighted by molar-refractivity contribution is -0.427. The van der Waals surface area contributed by atoms with E-state index in [-0.39, 0.29) is 4.68 Å². The fraction of sp³-hybridized carbons (Fsp3) is 0.476. The predicted molar refractivity (Wildman–Crippen MR) is 112 cm³/mol. The number of aryl methyl sites for hydroxylation is 1. The monoisotopic (exact) mass is 478 g/mol. The molecule has 1 amide bonds. The maximum absolute atomic E-state index is 11.8. The molecular formula is C21H26N4O9. The lowest BCUT2D eigenvalue weighted by atomic mass is 10.0. The number of benzene rings is 1. The van der Waals surface area contributed by atoms with Crippen LogP contribution in [-0.2, 0) is 17.1 Å². The molecule has 1 aliphatic heterocycles. The first-order chi connectivity index (χ1) is 15.8. The van der Waals surface area contributed by atoms with E-state index < -0.39 is 47.4 Å². The number of primary amides is 1. The number of carbonyl (C=O) groups is 1. The molecule has 0 unspecified atom stereocenters. The first kappa shape index (κ1) is 25.7. The third kappa shape index (κ3) is 4.41. The van der Waals surface area contributed by atoms with E-state index >= 15 is 0 Å². The van der Waals surface area contributed by atoms with Gasteiger partial charge in [0, 0.05) is 5.56 Å². The number of nitrogens with zero attached hydrogens (tertiary/aromatic N) is 3. The van der Waals surface area contributed by atoms with Gasteiger partial charge in [-0.1, -0.05) is 37.8 Å². The molecule has 13 heteroatoms. The highest BCUT2D eigenvalue weighted by Crippen LogP contribution is 2.46. The van der Waals surface area contributed by atoms with Crippen LogP contribution in [-0.4, -0.2) is 80.4 Å². The van der Waals surface area contributed by atoms with E-state index in [9.17, 15) is 40.5 Å². The number of nitrogens with two attached hydrogens (primary N) is 1. The van der Waals surface area contributed by atoms with Crippen molar-refractivity contribution >= 4 is 5.91 Å². The summed E-state index contributed by atoms with van der Waals surface area (Å²) in [4.78, 5) is 15.6. The first-order valence-corrected chi connectivity index (χ1v) is 10.4. The van der Waals surface area contributed by atoms with E-state index in [1.807, 2.05) is 12.1 Å². The molecule has 184 valence electrons. The fourth-order valence-electron chi connectivity index (χ4n) is 3.44. The van der Waals surface area contributed by atoms with Crippen LogP contribution in [0.5, 0.6) is 0 Å². The fourth-order valence-corrected chi connectivity index (χ4v) is 3.44. The number of unbranched alkanes of at least 4 members (excludes halogenated alkanes) is 2. The number of carbonyl (C=O) groups excluding carboxylic acids is 1. The van der Waals surface area contributed by atoms with Gasteiger partial charge in [-0.05, 0) is 36.5 Å². The Bertz CT molecular complexity index is 1100. The van der Waals surface area contributed by atoms with Crippen molar-refractivity contribution in [1.29, 1.82) is 0 Å². The Morgan fingerprint density at radius 3 is 2.32 bits per heavy atom. The second-order valence-electron chi connectivity index (χ2n) is 7.90. The number of aliphatic hydroxyl groups is 7. The van der Waals surface area contributed by atoms with Gasteiger partial charge in [0.1, 0.15) is 0 Å². The highest BCUT2D eigenvalue weighted by atomic mass is 16.8. The summed E-state index contributed by atoms with van der Waals surface area (Å²) in [5.74, 6) is -8.84. The van der Waals surface area contributed by atoms with Crippen LogP contribution in [0, 0.1) is 11.8 Å². The normalized spacial score (nSPS) is 23.0. The summed E-state index contributed by atoms with van der Waals surface area (Å²) in [6.07, 6.45) is -1.00. The molecule has 13 nitrogen and oxygen atoms in total. The summed E-state index contributed by atoms with van der Waals surface area (Å²) in [5, 5.41) is 73.4. The minimum absolute atomic E-state index is 0.0692. The van der Waals surface area contributed by atoms with Gasteiger partial charge < -0.3 is 46.2 Å². The number of aromatic nitrogens is 3. The van der Waals surface area contributed by atoms with Gasteiger partial charge in [-0.25, -0.2) is 0 Å². The summed E-state index contributed by atoms with van der Waals surface area (Å²) in [6.45, 7) is 2.12. The Balaban J connectivity index is 1.94. The lowest BCUT2D eigenvalue weighted by Gasteiger charge is -2.35. The van der Waals surface area contributed by atoms with Crippen molar-refractivity contribution < 1.29 is 45.3 Å². The molecule has 1 fully saturated rings. The molecule has 1 aromatic carbocycles. The third-order valence-electron chi connectivity index (χ3n) is 5.38. The molecule has 0 bridgehead atoms. The van der Waals surface area contributed by atoms with Gasteiger partial charge in [-0.2, -0.15) is 9.67 Å². The Kier molecular flexibility index (Phi) is 7.08. The van der Waals surface area contributed by atoms with Crippen molar-refractivity contribution in [2.75, 3.05) is 0 Å². The van der Waals surface area contributed by atoms with Crippen molar-refractivity contribution in [3.05, 3.63) is 47.0 Å². The number of hydrogen-bond acceptors (Lipinski definition) is 11. The Morgan fingerprint density at radius 1 is 1.15 bits per heavy atom. The standard InChI is InChI=1S/C21H26N4O9/c1-2-3-4-5-12-6-8-13(9-7-12)10-11-14-23-17(16(22)26)25(24-14)21(33)20(31,32)19(29,30)15(34-21)18(27)28/h6-9,15,18,27-33H,2-5H2,1H3,(H2,22,26)/t15-,21-/m1/s1. The predicted octanol–water partition coefficient (Wildman–Crippen LogP) is -2.82. The number of hydrogen-bond donors (Lipinski definition) is 8. The smallest absolute Gasteiger partial charge is 0.333 e. The number of ether oxygens (including phenoxy) is 1. The molecule has 3 rings (SSSR count). The average Bonchev–Trinajstić information content (AvgIpc) is 3.26. The van der Waals surface area contributed by atoms with E-state index in [4.69, 9.17) is 10.5 Å². The van der Waals surface area contributed by atoms with Gasteiger partial charge in [0.25, 0.3) is 11.7 Å². The van der Waals surface area contributed by atoms with Gasteiger partial charge in [0.05, 0.1) is 0 Å². The van der Waals surface area contributed by atoms with Crippen molar-refractivity contribution in [1.82, 2.24) is 14.8 Å². The van der Waals surface area contributed by atoms with Crippen LogP contribution in [0.15, 0.2) is 24.3 Å². The Hall–Kier alpha value is -2.93. The van der Waals surface area contributed by atoms with Gasteiger partial charge in [0.15, 0.2) is 12.4 Å². The van der Waals surface area contributed by atoms with E-state index in [0.717, 1.165) is 31.2 Å². The quantitative estimate of drug-likeness (QED) is 0.115. The third-order valence-corrected chi connectivity index (χ3v) is 5.38. The molecule has 1 aliphatic rings. The summed E-state index contributed by atoms with van der Waals surface area (Å²) in [7, 11) is 0. The van der Waals surface area contributed by atoms with Crippen LogP contribution < -0.4 is 5.73 Å². The molecule has 9 N–H and O–H groups in total. The zero-order valence-electron chi connectivity index (χ0n) is 18.2. The van der Waals surface area contributed by atoms with E-state index in [0.29, 0.717) is 5.56 Å². The van der Waals surface area contributed by atoms with Crippen LogP contribution in [0.1, 0.15) is 53.8 Å². The molecule has 0 aliphatic carbocycles. The van der Waals surface area contributed by atoms with E-state index in [1.165, 1.54) is 0 Å². The van der Waals surface area contributed by atoms with Crippen molar-refractivity contribution in [2.24, 2.45) is 5.73 Å². The van der Waals surface area contributed by atoms with E-state index in [2.05, 4.69) is 28.8 Å². The zero-order valence-corrected chi connectivity index (χ0v) is 18.2. The van der Waals surface area contributed by atoms with Crippen LogP contribution in [0.25, 0.3) is 0 Å². The lowest BCUT2D eigenvalue weighted by Crippen LogP contribution is -2.66. The maximum Gasteiger partial charge on any atom is 0.333 e. The highest BCUT2D eigenvalue weighted by molar-refractivity contribution is 5.89. The Labute approximate surface area is 193 Å². The van der Waals surface area contributed by atoms with Gasteiger partial charge >= 0.3 is 11.7 Å².